The number of hydrogen-bond donors (Lipinski definition) is 3. The molecule has 1 atom stereocenters. The number of rotatable bonds is 5. The maximum Gasteiger partial charge on any atom is 0.330 e. The molecule has 1 aromatic rings. The van der Waals surface area contributed by atoms with Crippen molar-refractivity contribution in [2.75, 3.05) is 30.5 Å². The van der Waals surface area contributed by atoms with E-state index < -0.39 is 27.1 Å². The number of aromatic amines is 1. The minimum atomic E-state index is -3.26. The first kappa shape index (κ1) is 15.3. The van der Waals surface area contributed by atoms with Crippen molar-refractivity contribution in [3.8, 4) is 0 Å². The number of nitrogen functional groups attached to an aromatic ring is 1. The average Bonchev–Trinajstić information content (AvgIpc) is 2.74. The predicted octanol–water partition coefficient (Wildman–Crippen LogP) is -1.51. The largest absolute Gasteiger partial charge is 0.383 e. The standard InChI is InChI=1S/C11H16N4O5S/c1-20-4-3-15-9(12)8(10(16)14-11(15)17)13-7-2-5-21(18,19)6-7/h2,5,7,13H,3-4,6,12H2,1H3,(H,14,16,17). The summed E-state index contributed by atoms with van der Waals surface area (Å²) in [5.74, 6) is -0.221. The van der Waals surface area contributed by atoms with Gasteiger partial charge in [0.2, 0.25) is 0 Å². The molecule has 0 spiro atoms. The summed E-state index contributed by atoms with van der Waals surface area (Å²) in [5, 5.41) is 3.82. The van der Waals surface area contributed by atoms with E-state index in [4.69, 9.17) is 10.5 Å². The lowest BCUT2D eigenvalue weighted by molar-refractivity contribution is 0.186. The van der Waals surface area contributed by atoms with Crippen LogP contribution in [0.2, 0.25) is 0 Å². The monoisotopic (exact) mass is 316 g/mol. The second-order valence-electron chi connectivity index (χ2n) is 4.57. The van der Waals surface area contributed by atoms with E-state index in [2.05, 4.69) is 10.3 Å². The summed E-state index contributed by atoms with van der Waals surface area (Å²) >= 11 is 0. The Hall–Kier alpha value is -2.07. The highest BCUT2D eigenvalue weighted by Gasteiger charge is 2.23. The number of H-pyrrole nitrogens is 1. The number of nitrogens with one attached hydrogen (secondary N) is 2. The highest BCUT2D eigenvalue weighted by atomic mass is 32.2. The molecule has 9 nitrogen and oxygen atoms in total. The molecule has 2 heterocycles. The quantitative estimate of drug-likeness (QED) is 0.600. The summed E-state index contributed by atoms with van der Waals surface area (Å²) in [6.07, 6.45) is 1.43. The smallest absolute Gasteiger partial charge is 0.330 e. The third-order valence-electron chi connectivity index (χ3n) is 3.02. The highest BCUT2D eigenvalue weighted by molar-refractivity contribution is 7.94. The molecule has 1 aromatic heterocycles. The van der Waals surface area contributed by atoms with Crippen LogP contribution in [0.5, 0.6) is 0 Å². The molecule has 0 amide bonds. The van der Waals surface area contributed by atoms with E-state index >= 15 is 0 Å². The zero-order valence-electron chi connectivity index (χ0n) is 11.3. The Morgan fingerprint density at radius 1 is 1.52 bits per heavy atom. The van der Waals surface area contributed by atoms with Gasteiger partial charge in [0.1, 0.15) is 11.5 Å². The first-order valence-corrected chi connectivity index (χ1v) is 7.84. The number of sulfone groups is 1. The molecule has 21 heavy (non-hydrogen) atoms. The van der Waals surface area contributed by atoms with Crippen molar-refractivity contribution in [1.29, 1.82) is 0 Å². The van der Waals surface area contributed by atoms with E-state index in [0.29, 0.717) is 0 Å². The summed E-state index contributed by atoms with van der Waals surface area (Å²) in [6, 6.07) is -0.563. The molecule has 1 aliphatic heterocycles. The van der Waals surface area contributed by atoms with E-state index in [1.807, 2.05) is 0 Å². The molecule has 0 saturated heterocycles. The van der Waals surface area contributed by atoms with Crippen molar-refractivity contribution in [2.24, 2.45) is 0 Å². The zero-order valence-corrected chi connectivity index (χ0v) is 12.1. The van der Waals surface area contributed by atoms with Gasteiger partial charge in [-0.3, -0.25) is 14.3 Å². The first-order valence-electron chi connectivity index (χ1n) is 6.13. The Morgan fingerprint density at radius 2 is 2.24 bits per heavy atom. The van der Waals surface area contributed by atoms with Crippen LogP contribution >= 0.6 is 0 Å². The van der Waals surface area contributed by atoms with Crippen LogP contribution in [-0.4, -0.2) is 43.5 Å². The van der Waals surface area contributed by atoms with Gasteiger partial charge in [-0.1, -0.05) is 6.08 Å². The molecule has 0 aromatic carbocycles. The molecule has 116 valence electrons. The Morgan fingerprint density at radius 3 is 2.81 bits per heavy atom. The van der Waals surface area contributed by atoms with Crippen LogP contribution in [0.3, 0.4) is 0 Å². The van der Waals surface area contributed by atoms with E-state index in [9.17, 15) is 18.0 Å². The van der Waals surface area contributed by atoms with Crippen molar-refractivity contribution in [2.45, 2.75) is 12.6 Å². The van der Waals surface area contributed by atoms with Crippen molar-refractivity contribution in [3.63, 3.8) is 0 Å². The number of nitrogens with two attached hydrogens (primary N) is 1. The van der Waals surface area contributed by atoms with Gasteiger partial charge in [0.15, 0.2) is 9.84 Å². The fourth-order valence-corrected chi connectivity index (χ4v) is 3.22. The van der Waals surface area contributed by atoms with Crippen LogP contribution in [0.1, 0.15) is 0 Å². The zero-order chi connectivity index (χ0) is 15.6. The van der Waals surface area contributed by atoms with Crippen molar-refractivity contribution in [3.05, 3.63) is 32.3 Å². The third-order valence-corrected chi connectivity index (χ3v) is 4.41. The van der Waals surface area contributed by atoms with Crippen LogP contribution in [0.25, 0.3) is 0 Å². The van der Waals surface area contributed by atoms with E-state index in [1.165, 1.54) is 13.2 Å². The fourth-order valence-electron chi connectivity index (χ4n) is 1.98. The van der Waals surface area contributed by atoms with Gasteiger partial charge in [0.05, 0.1) is 24.9 Å². The number of nitrogens with zero attached hydrogens (tertiary/aromatic N) is 1. The molecule has 1 aliphatic rings. The lowest BCUT2D eigenvalue weighted by Gasteiger charge is -2.16. The molecule has 10 heteroatoms. The molecular weight excluding hydrogens is 300 g/mol. The van der Waals surface area contributed by atoms with Crippen LogP contribution in [0.15, 0.2) is 21.1 Å². The fraction of sp³-hybridized carbons (Fsp3) is 0.455. The van der Waals surface area contributed by atoms with E-state index in [-0.39, 0.29) is 30.4 Å². The van der Waals surface area contributed by atoms with Crippen LogP contribution in [0, 0.1) is 0 Å². The summed E-state index contributed by atoms with van der Waals surface area (Å²) in [7, 11) is -1.79. The summed E-state index contributed by atoms with van der Waals surface area (Å²) in [4.78, 5) is 25.6. The normalized spacial score (nSPS) is 19.8. The Labute approximate surface area is 120 Å². The van der Waals surface area contributed by atoms with E-state index in [1.54, 1.807) is 0 Å². The van der Waals surface area contributed by atoms with Gasteiger partial charge in [-0.25, -0.2) is 13.2 Å². The van der Waals surface area contributed by atoms with Gasteiger partial charge in [-0.05, 0) is 0 Å². The van der Waals surface area contributed by atoms with Crippen LogP contribution in [-0.2, 0) is 21.1 Å². The average molecular weight is 316 g/mol. The Kier molecular flexibility index (Phi) is 4.19. The topological polar surface area (TPSA) is 136 Å². The maximum absolute atomic E-state index is 11.8. The van der Waals surface area contributed by atoms with Crippen molar-refractivity contribution in [1.82, 2.24) is 9.55 Å². The molecule has 0 radical (unpaired) electrons. The van der Waals surface area contributed by atoms with Crippen LogP contribution < -0.4 is 22.3 Å². The lowest BCUT2D eigenvalue weighted by Crippen LogP contribution is -2.36. The number of hydrogen-bond acceptors (Lipinski definition) is 7. The van der Waals surface area contributed by atoms with E-state index in [0.717, 1.165) is 9.98 Å². The van der Waals surface area contributed by atoms with Gasteiger partial charge in [0.25, 0.3) is 5.56 Å². The van der Waals surface area contributed by atoms with Gasteiger partial charge in [-0.2, -0.15) is 0 Å². The van der Waals surface area contributed by atoms with Gasteiger partial charge >= 0.3 is 5.69 Å². The molecule has 0 saturated carbocycles. The summed E-state index contributed by atoms with van der Waals surface area (Å²) < 4.78 is 28.7. The minimum Gasteiger partial charge on any atom is -0.383 e. The number of ether oxygens (including phenoxy) is 1. The molecule has 2 rings (SSSR count). The predicted molar refractivity (Wildman–Crippen MR) is 77.9 cm³/mol. The molecule has 4 N–H and O–H groups in total. The molecule has 0 fully saturated rings. The highest BCUT2D eigenvalue weighted by Crippen LogP contribution is 2.16. The van der Waals surface area contributed by atoms with Gasteiger partial charge in [0, 0.05) is 12.5 Å². The summed E-state index contributed by atoms with van der Waals surface area (Å²) in [6.45, 7) is 0.415. The van der Waals surface area contributed by atoms with Gasteiger partial charge in [-0.15, -0.1) is 0 Å². The summed E-state index contributed by atoms with van der Waals surface area (Å²) in [5.41, 5.74) is 4.46. The Bertz CT molecular complexity index is 777. The second-order valence-corrected chi connectivity index (χ2v) is 6.50. The van der Waals surface area contributed by atoms with Crippen LogP contribution in [0.4, 0.5) is 11.5 Å². The molecule has 1 unspecified atom stereocenters. The van der Waals surface area contributed by atoms with Crippen molar-refractivity contribution >= 4 is 21.3 Å². The Balaban J connectivity index is 2.34. The molecular formula is C11H16N4O5S. The molecule has 0 aliphatic carbocycles. The third kappa shape index (κ3) is 3.34. The minimum absolute atomic E-state index is 0.0301. The van der Waals surface area contributed by atoms with Gasteiger partial charge < -0.3 is 15.8 Å². The first-order chi connectivity index (χ1) is 9.84. The number of aromatic nitrogens is 2. The SMILES string of the molecule is COCCn1c(N)c(NC2C=CS(=O)(=O)C2)c(=O)[nH]c1=O. The molecule has 0 bridgehead atoms. The number of anilines is 2. The maximum atomic E-state index is 11.8. The lowest BCUT2D eigenvalue weighted by atomic mass is 10.3. The number of methoxy groups -OCH3 is 1. The second kappa shape index (κ2) is 5.74. The van der Waals surface area contributed by atoms with Crippen molar-refractivity contribution < 1.29 is 13.2 Å².